The quantitative estimate of drug-likeness (QED) is 0.446. The van der Waals surface area contributed by atoms with Crippen molar-refractivity contribution < 1.29 is 22.3 Å². The van der Waals surface area contributed by atoms with Gasteiger partial charge in [0.15, 0.2) is 11.6 Å². The molecular weight excluding hydrogens is 368 g/mol. The molecule has 0 N–H and O–H groups in total. The molecule has 1 saturated carbocycles. The molecule has 1 aliphatic rings. The van der Waals surface area contributed by atoms with Gasteiger partial charge in [0.1, 0.15) is 0 Å². The van der Waals surface area contributed by atoms with Gasteiger partial charge in [-0.05, 0) is 74.1 Å². The molecule has 152 valence electrons. The van der Waals surface area contributed by atoms with Crippen molar-refractivity contribution in [3.05, 3.63) is 53.6 Å². The molecule has 0 aliphatic heterocycles. The zero-order chi connectivity index (χ0) is 20.1. The van der Waals surface area contributed by atoms with Gasteiger partial charge in [-0.15, -0.1) is 0 Å². The lowest BCUT2D eigenvalue weighted by atomic mass is 9.77. The van der Waals surface area contributed by atoms with Crippen LogP contribution in [0.2, 0.25) is 0 Å². The summed E-state index contributed by atoms with van der Waals surface area (Å²) in [5.41, 5.74) is 2.00. The second-order valence-corrected chi connectivity index (χ2v) is 7.48. The Balaban J connectivity index is 1.65. The Morgan fingerprint density at radius 3 is 2.21 bits per heavy atom. The summed E-state index contributed by atoms with van der Waals surface area (Å²) >= 11 is 0. The van der Waals surface area contributed by atoms with E-state index in [4.69, 9.17) is 4.74 Å². The van der Waals surface area contributed by atoms with Crippen LogP contribution in [0, 0.1) is 17.6 Å². The van der Waals surface area contributed by atoms with E-state index in [2.05, 4.69) is 0 Å². The highest BCUT2D eigenvalue weighted by Gasteiger charge is 2.23. The highest BCUT2D eigenvalue weighted by molar-refractivity contribution is 5.65. The van der Waals surface area contributed by atoms with Crippen LogP contribution in [0.3, 0.4) is 0 Å². The third kappa shape index (κ3) is 4.86. The predicted octanol–water partition coefficient (Wildman–Crippen LogP) is 7.35. The van der Waals surface area contributed by atoms with Gasteiger partial charge in [-0.3, -0.25) is 0 Å². The summed E-state index contributed by atoms with van der Waals surface area (Å²) in [6.45, 7) is 1.99. The van der Waals surface area contributed by atoms with Crippen LogP contribution in [0.4, 0.5) is 17.6 Å². The summed E-state index contributed by atoms with van der Waals surface area (Å²) < 4.78 is 58.3. The molecule has 2 aromatic carbocycles. The van der Waals surface area contributed by atoms with Crippen molar-refractivity contribution >= 4 is 0 Å². The van der Waals surface area contributed by atoms with Gasteiger partial charge < -0.3 is 4.74 Å². The van der Waals surface area contributed by atoms with Gasteiger partial charge >= 0.3 is 0 Å². The maximum atomic E-state index is 14.4. The summed E-state index contributed by atoms with van der Waals surface area (Å²) in [7, 11) is 0. The monoisotopic (exact) mass is 394 g/mol. The molecule has 0 spiro atoms. The van der Waals surface area contributed by atoms with Gasteiger partial charge in [0.05, 0.1) is 6.61 Å². The Morgan fingerprint density at radius 1 is 0.929 bits per heavy atom. The highest BCUT2D eigenvalue weighted by atomic mass is 19.3. The molecule has 28 heavy (non-hydrogen) atoms. The second-order valence-electron chi connectivity index (χ2n) is 7.48. The first-order chi connectivity index (χ1) is 13.5. The van der Waals surface area contributed by atoms with Crippen LogP contribution < -0.4 is 4.74 Å². The summed E-state index contributed by atoms with van der Waals surface area (Å²) in [5, 5.41) is 0. The molecule has 0 saturated heterocycles. The van der Waals surface area contributed by atoms with Crippen molar-refractivity contribution in [2.24, 2.45) is 5.92 Å². The van der Waals surface area contributed by atoms with Crippen molar-refractivity contribution in [2.45, 2.75) is 57.8 Å². The van der Waals surface area contributed by atoms with E-state index in [-0.39, 0.29) is 24.3 Å². The molecule has 0 unspecified atom stereocenters. The Kier molecular flexibility index (Phi) is 6.97. The third-order valence-corrected chi connectivity index (χ3v) is 5.68. The Bertz CT molecular complexity index is 765. The van der Waals surface area contributed by atoms with Crippen LogP contribution in [0.25, 0.3) is 11.1 Å². The van der Waals surface area contributed by atoms with Crippen LogP contribution in [0.5, 0.6) is 5.75 Å². The Morgan fingerprint density at radius 2 is 1.61 bits per heavy atom. The number of benzene rings is 2. The Labute approximate surface area is 163 Å². The summed E-state index contributed by atoms with van der Waals surface area (Å²) in [5.74, 6) is -1.16. The van der Waals surface area contributed by atoms with Gasteiger partial charge in [-0.25, -0.2) is 13.2 Å². The smallest absolute Gasteiger partial charge is 0.238 e. The topological polar surface area (TPSA) is 9.23 Å². The van der Waals surface area contributed by atoms with E-state index in [0.717, 1.165) is 25.7 Å². The van der Waals surface area contributed by atoms with Crippen LogP contribution in [0.15, 0.2) is 36.4 Å². The normalized spacial score (nSPS) is 19.8. The minimum atomic E-state index is -2.21. The van der Waals surface area contributed by atoms with E-state index in [0.29, 0.717) is 23.8 Å². The van der Waals surface area contributed by atoms with E-state index < -0.39 is 18.1 Å². The van der Waals surface area contributed by atoms with Crippen molar-refractivity contribution in [3.63, 3.8) is 0 Å². The van der Waals surface area contributed by atoms with Gasteiger partial charge in [0, 0.05) is 12.0 Å². The molecule has 3 rings (SSSR count). The molecule has 0 bridgehead atoms. The molecule has 0 radical (unpaired) electrons. The van der Waals surface area contributed by atoms with Crippen molar-refractivity contribution in [1.82, 2.24) is 0 Å². The molecule has 0 amide bonds. The molecule has 0 aromatic heterocycles. The van der Waals surface area contributed by atoms with Crippen LogP contribution in [-0.4, -0.2) is 13.0 Å². The molecule has 1 nitrogen and oxygen atoms in total. The first-order valence-electron chi connectivity index (χ1n) is 9.98. The molecule has 1 fully saturated rings. The minimum absolute atomic E-state index is 0.00571. The number of halogens is 4. The van der Waals surface area contributed by atoms with Crippen molar-refractivity contribution in [1.29, 1.82) is 0 Å². The number of ether oxygens (including phenoxy) is 1. The Hall–Kier alpha value is -2.04. The molecule has 2 aromatic rings. The van der Waals surface area contributed by atoms with Gasteiger partial charge in [0.2, 0.25) is 12.2 Å². The fourth-order valence-corrected chi connectivity index (χ4v) is 4.10. The maximum absolute atomic E-state index is 14.4. The molecule has 1 aliphatic carbocycles. The van der Waals surface area contributed by atoms with E-state index in [1.54, 1.807) is 6.92 Å². The number of hydrogen-bond donors (Lipinski definition) is 0. The number of rotatable bonds is 7. The third-order valence-electron chi connectivity index (χ3n) is 5.68. The summed E-state index contributed by atoms with van der Waals surface area (Å²) in [6.07, 6.45) is 2.30. The average molecular weight is 394 g/mol. The first-order valence-corrected chi connectivity index (χ1v) is 9.98. The van der Waals surface area contributed by atoms with Crippen LogP contribution in [0.1, 0.15) is 56.9 Å². The van der Waals surface area contributed by atoms with Gasteiger partial charge in [-0.1, -0.05) is 24.3 Å². The number of alkyl halides is 2. The zero-order valence-corrected chi connectivity index (χ0v) is 16.1. The lowest BCUT2D eigenvalue weighted by Gasteiger charge is -2.29. The zero-order valence-electron chi connectivity index (χ0n) is 16.1. The largest absolute Gasteiger partial charge is 0.491 e. The average Bonchev–Trinajstić information content (AvgIpc) is 2.71. The lowest BCUT2D eigenvalue weighted by molar-refractivity contribution is 0.122. The van der Waals surface area contributed by atoms with Crippen molar-refractivity contribution in [3.8, 4) is 16.9 Å². The molecule has 0 heterocycles. The molecular formula is C23H26F4O. The molecule has 0 atom stereocenters. The minimum Gasteiger partial charge on any atom is -0.491 e. The fourth-order valence-electron chi connectivity index (χ4n) is 4.10. The maximum Gasteiger partial charge on any atom is 0.238 e. The second kappa shape index (κ2) is 9.44. The summed E-state index contributed by atoms with van der Waals surface area (Å²) in [6, 6.07) is 10.5. The van der Waals surface area contributed by atoms with Crippen LogP contribution >= 0.6 is 0 Å². The SMILES string of the molecule is CCOc1ccc(-c2ccc(C3CCC(CCC(F)F)CC3)cc2)c(F)c1F. The fraction of sp³-hybridized carbons (Fsp3) is 0.478. The lowest BCUT2D eigenvalue weighted by Crippen LogP contribution is -2.14. The first kappa shape index (κ1) is 20.7. The van der Waals surface area contributed by atoms with E-state index in [1.807, 2.05) is 24.3 Å². The van der Waals surface area contributed by atoms with Gasteiger partial charge in [-0.2, -0.15) is 4.39 Å². The van der Waals surface area contributed by atoms with Gasteiger partial charge in [0.25, 0.3) is 0 Å². The molecule has 5 heteroatoms. The highest BCUT2D eigenvalue weighted by Crippen LogP contribution is 2.38. The van der Waals surface area contributed by atoms with Crippen LogP contribution in [-0.2, 0) is 0 Å². The predicted molar refractivity (Wildman–Crippen MR) is 103 cm³/mol. The van der Waals surface area contributed by atoms with E-state index in [1.165, 1.54) is 17.7 Å². The summed E-state index contributed by atoms with van der Waals surface area (Å²) in [4.78, 5) is 0. The van der Waals surface area contributed by atoms with E-state index >= 15 is 0 Å². The van der Waals surface area contributed by atoms with E-state index in [9.17, 15) is 17.6 Å². The standard InChI is InChI=1S/C23H26F4O/c1-2-28-20-13-12-19(22(26)23(20)27)18-10-8-17(9-11-18)16-6-3-15(4-7-16)5-14-21(24)25/h8-13,15-16,21H,2-7,14H2,1H3. The number of hydrogen-bond acceptors (Lipinski definition) is 1. The van der Waals surface area contributed by atoms with Crippen molar-refractivity contribution in [2.75, 3.05) is 6.61 Å².